The molecule has 23 heavy (non-hydrogen) atoms. The van der Waals surface area contributed by atoms with Gasteiger partial charge in [0.15, 0.2) is 0 Å². The molecule has 2 atom stereocenters. The summed E-state index contributed by atoms with van der Waals surface area (Å²) in [6, 6.07) is 6.99. The molecule has 0 aliphatic carbocycles. The second kappa shape index (κ2) is 7.67. The van der Waals surface area contributed by atoms with Gasteiger partial charge >= 0.3 is 0 Å². The molecule has 1 amide bonds. The molecule has 128 valence electrons. The van der Waals surface area contributed by atoms with Crippen LogP contribution in [0.2, 0.25) is 0 Å². The van der Waals surface area contributed by atoms with Gasteiger partial charge in [-0.2, -0.15) is 0 Å². The van der Waals surface area contributed by atoms with Crippen molar-refractivity contribution in [1.82, 2.24) is 4.90 Å². The van der Waals surface area contributed by atoms with Crippen LogP contribution in [0.15, 0.2) is 18.2 Å². The lowest BCUT2D eigenvalue weighted by Crippen LogP contribution is -2.47. The Morgan fingerprint density at radius 3 is 2.83 bits per heavy atom. The third-order valence-electron chi connectivity index (χ3n) is 5.22. The van der Waals surface area contributed by atoms with E-state index in [0.717, 1.165) is 32.4 Å². The van der Waals surface area contributed by atoms with Gasteiger partial charge in [-0.3, -0.25) is 4.79 Å². The third-order valence-corrected chi connectivity index (χ3v) is 5.22. The average molecular weight is 337 g/mol. The summed E-state index contributed by atoms with van der Waals surface area (Å²) in [5, 5.41) is 0. The van der Waals surface area contributed by atoms with Gasteiger partial charge in [-0.05, 0) is 45.0 Å². The van der Waals surface area contributed by atoms with Gasteiger partial charge in [0.2, 0.25) is 5.91 Å². The van der Waals surface area contributed by atoms with Crippen molar-refractivity contribution >= 4 is 24.0 Å². The number of likely N-dealkylation sites (tertiary alicyclic amines) is 1. The van der Waals surface area contributed by atoms with Gasteiger partial charge in [0, 0.05) is 30.6 Å². The number of unbranched alkanes of at least 4 members (excludes halogenated alkanes) is 2. The molecule has 0 saturated carbocycles. The number of carbonyl (C=O) groups excluding carboxylic acids is 1. The number of hydrogen-bond donors (Lipinski definition) is 0. The van der Waals surface area contributed by atoms with Crippen molar-refractivity contribution in [3.63, 3.8) is 0 Å². The summed E-state index contributed by atoms with van der Waals surface area (Å²) >= 11 is 0. The van der Waals surface area contributed by atoms with Gasteiger partial charge in [0.1, 0.15) is 0 Å². The van der Waals surface area contributed by atoms with Gasteiger partial charge in [0.05, 0.1) is 0 Å². The number of likely N-dealkylation sites (N-methyl/N-ethyl adjacent to an activating group) is 1. The molecule has 2 aliphatic heterocycles. The first kappa shape index (κ1) is 18.3. The standard InChI is InChI=1S/C19H28N2O.ClH/c1-4-5-6-7-19(22)21-17-9-8-14(2)12-15(17)16-13-20(3)11-10-18(16)21;/h8-9,12,16,18H,4-7,10-11,13H2,1-3H3;1H. The number of rotatable bonds is 4. The molecule has 4 heteroatoms. The van der Waals surface area contributed by atoms with Crippen molar-refractivity contribution in [2.45, 2.75) is 57.9 Å². The first-order valence-corrected chi connectivity index (χ1v) is 8.73. The molecule has 2 aliphatic rings. The second-order valence-corrected chi connectivity index (χ2v) is 7.01. The fourth-order valence-corrected chi connectivity index (χ4v) is 4.05. The smallest absolute Gasteiger partial charge is 0.227 e. The van der Waals surface area contributed by atoms with Gasteiger partial charge in [0.25, 0.3) is 0 Å². The first-order chi connectivity index (χ1) is 10.6. The minimum Gasteiger partial charge on any atom is -0.308 e. The van der Waals surface area contributed by atoms with Gasteiger partial charge in [-0.25, -0.2) is 0 Å². The second-order valence-electron chi connectivity index (χ2n) is 7.01. The largest absolute Gasteiger partial charge is 0.308 e. The molecule has 0 bridgehead atoms. The lowest BCUT2D eigenvalue weighted by molar-refractivity contribution is -0.119. The van der Waals surface area contributed by atoms with E-state index in [1.807, 2.05) is 0 Å². The van der Waals surface area contributed by atoms with E-state index in [9.17, 15) is 4.79 Å². The van der Waals surface area contributed by atoms with Crippen LogP contribution < -0.4 is 4.90 Å². The normalized spacial score (nSPS) is 23.2. The van der Waals surface area contributed by atoms with Gasteiger partial charge in [-0.1, -0.05) is 37.5 Å². The fraction of sp³-hybridized carbons (Fsp3) is 0.632. The van der Waals surface area contributed by atoms with E-state index < -0.39 is 0 Å². The van der Waals surface area contributed by atoms with Crippen LogP contribution in [0.4, 0.5) is 5.69 Å². The Labute approximate surface area is 146 Å². The number of aryl methyl sites for hydroxylation is 1. The van der Waals surface area contributed by atoms with E-state index in [-0.39, 0.29) is 12.4 Å². The van der Waals surface area contributed by atoms with Crippen LogP contribution in [-0.2, 0) is 4.79 Å². The molecular formula is C19H29ClN2O. The van der Waals surface area contributed by atoms with Crippen LogP contribution >= 0.6 is 12.4 Å². The summed E-state index contributed by atoms with van der Waals surface area (Å²) in [5.74, 6) is 0.819. The minimum absolute atomic E-state index is 0. The molecule has 0 aromatic heterocycles. The Morgan fingerprint density at radius 2 is 2.09 bits per heavy atom. The lowest BCUT2D eigenvalue weighted by Gasteiger charge is -2.36. The number of fused-ring (bicyclic) bond motifs is 3. The average Bonchev–Trinajstić information content (AvgIpc) is 2.80. The maximum absolute atomic E-state index is 12.8. The van der Waals surface area contributed by atoms with Crippen molar-refractivity contribution in [1.29, 1.82) is 0 Å². The van der Waals surface area contributed by atoms with Crippen LogP contribution in [0.5, 0.6) is 0 Å². The third kappa shape index (κ3) is 3.56. The van der Waals surface area contributed by atoms with Gasteiger partial charge < -0.3 is 9.80 Å². The Bertz CT molecular complexity index is 560. The molecule has 3 nitrogen and oxygen atoms in total. The SMILES string of the molecule is CCCCCC(=O)N1c2ccc(C)cc2C2CN(C)CCC21.Cl. The van der Waals surface area contributed by atoms with Crippen LogP contribution in [0.3, 0.4) is 0 Å². The zero-order valence-corrected chi connectivity index (χ0v) is 15.4. The fourth-order valence-electron chi connectivity index (χ4n) is 4.05. The predicted octanol–water partition coefficient (Wildman–Crippen LogP) is 4.13. The van der Waals surface area contributed by atoms with Crippen molar-refractivity contribution in [3.8, 4) is 0 Å². The monoisotopic (exact) mass is 336 g/mol. The minimum atomic E-state index is 0. The molecule has 2 unspecified atom stereocenters. The zero-order valence-electron chi connectivity index (χ0n) is 14.5. The number of benzene rings is 1. The van der Waals surface area contributed by atoms with E-state index in [4.69, 9.17) is 0 Å². The van der Waals surface area contributed by atoms with E-state index in [1.54, 1.807) is 0 Å². The Hall–Kier alpha value is -1.06. The molecule has 1 aromatic rings. The number of anilines is 1. The van der Waals surface area contributed by atoms with Crippen molar-refractivity contribution in [2.75, 3.05) is 25.0 Å². The quantitative estimate of drug-likeness (QED) is 0.772. The highest BCUT2D eigenvalue weighted by Gasteiger charge is 2.43. The number of carbonyl (C=O) groups is 1. The Morgan fingerprint density at radius 1 is 1.30 bits per heavy atom. The van der Waals surface area contributed by atoms with Crippen LogP contribution in [0.1, 0.15) is 56.1 Å². The summed E-state index contributed by atoms with van der Waals surface area (Å²) in [6.45, 7) is 6.49. The topological polar surface area (TPSA) is 23.6 Å². The summed E-state index contributed by atoms with van der Waals surface area (Å²) < 4.78 is 0. The molecule has 1 aromatic carbocycles. The maximum Gasteiger partial charge on any atom is 0.227 e. The van der Waals surface area contributed by atoms with Crippen molar-refractivity contribution in [2.24, 2.45) is 0 Å². The maximum atomic E-state index is 12.8. The summed E-state index contributed by atoms with van der Waals surface area (Å²) in [4.78, 5) is 17.4. The van der Waals surface area contributed by atoms with Crippen molar-refractivity contribution < 1.29 is 4.79 Å². The zero-order chi connectivity index (χ0) is 15.7. The number of nitrogens with zero attached hydrogens (tertiary/aromatic N) is 2. The van der Waals surface area contributed by atoms with Crippen molar-refractivity contribution in [3.05, 3.63) is 29.3 Å². The van der Waals surface area contributed by atoms with Crippen LogP contribution in [0, 0.1) is 6.92 Å². The van der Waals surface area contributed by atoms with E-state index in [2.05, 4.69) is 48.9 Å². The van der Waals surface area contributed by atoms with Crippen LogP contribution in [-0.4, -0.2) is 37.0 Å². The van der Waals surface area contributed by atoms with Crippen LogP contribution in [0.25, 0.3) is 0 Å². The molecule has 1 fully saturated rings. The Balaban J connectivity index is 0.00000192. The molecular weight excluding hydrogens is 308 g/mol. The predicted molar refractivity (Wildman–Crippen MR) is 98.7 cm³/mol. The molecule has 0 spiro atoms. The molecule has 0 N–H and O–H groups in total. The number of amides is 1. The molecule has 3 rings (SSSR count). The summed E-state index contributed by atoms with van der Waals surface area (Å²) in [5.41, 5.74) is 3.86. The highest BCUT2D eigenvalue weighted by atomic mass is 35.5. The van der Waals surface area contributed by atoms with E-state index in [1.165, 1.54) is 23.2 Å². The number of piperidine rings is 1. The summed E-state index contributed by atoms with van der Waals surface area (Å²) in [6.07, 6.45) is 5.12. The number of hydrogen-bond acceptors (Lipinski definition) is 2. The molecule has 1 saturated heterocycles. The molecule has 0 radical (unpaired) electrons. The highest BCUT2D eigenvalue weighted by molar-refractivity contribution is 5.96. The van der Waals surface area contributed by atoms with E-state index >= 15 is 0 Å². The molecule has 2 heterocycles. The van der Waals surface area contributed by atoms with Gasteiger partial charge in [-0.15, -0.1) is 12.4 Å². The highest BCUT2D eigenvalue weighted by Crippen LogP contribution is 2.45. The number of halogens is 1. The Kier molecular flexibility index (Phi) is 6.10. The first-order valence-electron chi connectivity index (χ1n) is 8.73. The lowest BCUT2D eigenvalue weighted by atomic mass is 9.89. The summed E-state index contributed by atoms with van der Waals surface area (Å²) in [7, 11) is 2.19. The van der Waals surface area contributed by atoms with E-state index in [0.29, 0.717) is 24.3 Å².